The number of rotatable bonds is 12. The fraction of sp³-hybridized carbons (Fsp3) is 0.559. The van der Waals surface area contributed by atoms with Gasteiger partial charge in [-0.1, -0.05) is 39.8 Å². The molecule has 1 aromatic carbocycles. The highest BCUT2D eigenvalue weighted by Crippen LogP contribution is 2.71. The third-order valence-electron chi connectivity index (χ3n) is 9.49. The fourth-order valence-corrected chi connectivity index (χ4v) is 8.97. The Bertz CT molecular complexity index is 1500. The quantitative estimate of drug-likeness (QED) is 0.214. The summed E-state index contributed by atoms with van der Waals surface area (Å²) in [5, 5.41) is 8.93. The maximum atomic E-state index is 15.1. The molecule has 46 heavy (non-hydrogen) atoms. The molecule has 1 saturated carbocycles. The third kappa shape index (κ3) is 7.77. The van der Waals surface area contributed by atoms with Crippen molar-refractivity contribution in [3.8, 4) is 0 Å². The Hall–Kier alpha value is -2.96. The topological polar surface area (TPSA) is 90.5 Å². The second-order valence-corrected chi connectivity index (χ2v) is 14.4. The highest BCUT2D eigenvalue weighted by molar-refractivity contribution is 7.89. The van der Waals surface area contributed by atoms with Gasteiger partial charge in [-0.25, -0.2) is 26.0 Å². The SMILES string of the molecule is CC.CCCS(=O)(=O)N1CCNC[C@@H]1CCCC1=C(NC(=O)C[C@@H](c2ccc(F)cc2)C2(C)C3C=C(F)C=C(F)C32)CNC=C1F.[HH].[HH]. The molecule has 5 rings (SSSR count). The lowest BCUT2D eigenvalue weighted by atomic mass is 9.79. The highest BCUT2D eigenvalue weighted by Gasteiger charge is 2.67. The largest absolute Gasteiger partial charge is 0.383 e. The average Bonchev–Trinajstić information content (AvgIpc) is 3.63. The average molecular weight is 671 g/mol. The first kappa shape index (κ1) is 35.9. The van der Waals surface area contributed by atoms with Crippen LogP contribution >= 0.6 is 0 Å². The number of nitrogens with zero attached hydrogens (tertiary/aromatic N) is 1. The number of allylic oxidation sites excluding steroid dienone is 6. The van der Waals surface area contributed by atoms with E-state index in [2.05, 4.69) is 16.0 Å². The molecule has 0 radical (unpaired) electrons. The number of amides is 1. The molecule has 12 heteroatoms. The number of fused-ring (bicyclic) bond motifs is 1. The second-order valence-electron chi connectivity index (χ2n) is 12.3. The van der Waals surface area contributed by atoms with Gasteiger partial charge in [0.05, 0.1) is 12.3 Å². The zero-order chi connectivity index (χ0) is 33.6. The van der Waals surface area contributed by atoms with Crippen molar-refractivity contribution in [1.82, 2.24) is 20.3 Å². The van der Waals surface area contributed by atoms with Crippen molar-refractivity contribution in [2.45, 2.75) is 71.8 Å². The van der Waals surface area contributed by atoms with Gasteiger partial charge in [0.2, 0.25) is 15.9 Å². The molecule has 0 spiro atoms. The molecule has 1 aromatic rings. The molecule has 4 aliphatic rings. The van der Waals surface area contributed by atoms with Gasteiger partial charge >= 0.3 is 0 Å². The first-order chi connectivity index (χ1) is 22.0. The molecule has 2 fully saturated rings. The maximum Gasteiger partial charge on any atom is 0.224 e. The van der Waals surface area contributed by atoms with E-state index in [1.807, 2.05) is 27.7 Å². The summed E-state index contributed by atoms with van der Waals surface area (Å²) in [4.78, 5) is 13.5. The number of carbonyl (C=O) groups excluding carboxylic acids is 1. The molecule has 2 aliphatic heterocycles. The van der Waals surface area contributed by atoms with E-state index in [4.69, 9.17) is 0 Å². The van der Waals surface area contributed by atoms with Crippen LogP contribution in [0.4, 0.5) is 17.6 Å². The highest BCUT2D eigenvalue weighted by atomic mass is 32.2. The van der Waals surface area contributed by atoms with E-state index in [-0.39, 0.29) is 27.6 Å². The Kier molecular flexibility index (Phi) is 11.9. The van der Waals surface area contributed by atoms with Gasteiger partial charge in [0.15, 0.2) is 0 Å². The van der Waals surface area contributed by atoms with Gasteiger partial charge in [-0.2, -0.15) is 4.31 Å². The number of dihydropyridines is 1. The Morgan fingerprint density at radius 1 is 1.17 bits per heavy atom. The monoisotopic (exact) mass is 670 g/mol. The summed E-state index contributed by atoms with van der Waals surface area (Å²) in [6.07, 6.45) is 5.25. The molecule has 0 aromatic heterocycles. The summed E-state index contributed by atoms with van der Waals surface area (Å²) in [5.74, 6) is -4.13. The number of piperazine rings is 1. The van der Waals surface area contributed by atoms with Crippen molar-refractivity contribution in [3.63, 3.8) is 0 Å². The lowest BCUT2D eigenvalue weighted by molar-refractivity contribution is -0.121. The number of benzene rings is 1. The lowest BCUT2D eigenvalue weighted by Crippen LogP contribution is -2.54. The zero-order valence-corrected chi connectivity index (χ0v) is 27.8. The Morgan fingerprint density at radius 3 is 2.59 bits per heavy atom. The standard InChI is InChI=1S/C32H40F4N4O3S.C2H6.2H2/c1-3-13-44(42,43)40-12-11-37-17-23(40)5-4-6-24-28(36)18-38-19-29(24)39-30(41)16-25(20-7-9-21(33)10-8-20)32(2)26-14-22(34)15-27(35)31(26)32;1-2;;/h7-10,14-15,18,23,25-26,31,37-38H,3-6,11-13,16-17,19H2,1-2H3,(H,39,41);1-2H3;2*1H/t23-,25-,26?,31?,32?;;;/m0.../s1. The minimum Gasteiger partial charge on any atom is -0.383 e. The van der Waals surface area contributed by atoms with E-state index < -0.39 is 62.4 Å². The number of hydrogen-bond acceptors (Lipinski definition) is 5. The number of sulfonamides is 1. The first-order valence-electron chi connectivity index (χ1n) is 16.3. The van der Waals surface area contributed by atoms with E-state index in [9.17, 15) is 26.4 Å². The smallest absolute Gasteiger partial charge is 0.224 e. The number of halogens is 4. The predicted molar refractivity (Wildman–Crippen MR) is 176 cm³/mol. The van der Waals surface area contributed by atoms with Crippen LogP contribution in [0, 0.1) is 23.1 Å². The summed E-state index contributed by atoms with van der Waals surface area (Å²) in [5.41, 5.74) is 0.535. The zero-order valence-electron chi connectivity index (χ0n) is 27.0. The molecule has 5 atom stereocenters. The summed E-state index contributed by atoms with van der Waals surface area (Å²) < 4.78 is 84.9. The Morgan fingerprint density at radius 2 is 1.89 bits per heavy atom. The minimum atomic E-state index is -3.38. The molecule has 258 valence electrons. The van der Waals surface area contributed by atoms with Crippen LogP contribution in [0.15, 0.2) is 71.4 Å². The molecule has 2 aliphatic carbocycles. The minimum absolute atomic E-state index is 0. The molecular formula is C34H50F4N4O3S. The van der Waals surface area contributed by atoms with Gasteiger partial charge < -0.3 is 16.0 Å². The van der Waals surface area contributed by atoms with Gasteiger partial charge in [-0.05, 0) is 66.7 Å². The van der Waals surface area contributed by atoms with E-state index in [1.54, 1.807) is 16.4 Å². The van der Waals surface area contributed by atoms with Crippen LogP contribution in [0.25, 0.3) is 0 Å². The number of carbonyl (C=O) groups is 1. The number of nitrogens with one attached hydrogen (secondary N) is 3. The van der Waals surface area contributed by atoms with Gasteiger partial charge in [0.1, 0.15) is 23.3 Å². The van der Waals surface area contributed by atoms with Crippen molar-refractivity contribution < 1.29 is 33.6 Å². The summed E-state index contributed by atoms with van der Waals surface area (Å²) in [7, 11) is -3.38. The molecule has 3 unspecified atom stereocenters. The van der Waals surface area contributed by atoms with Crippen molar-refractivity contribution in [2.24, 2.45) is 17.3 Å². The molecule has 2 heterocycles. The van der Waals surface area contributed by atoms with Crippen LogP contribution < -0.4 is 16.0 Å². The van der Waals surface area contributed by atoms with Gasteiger partial charge in [-0.15, -0.1) is 0 Å². The van der Waals surface area contributed by atoms with Crippen molar-refractivity contribution in [2.75, 3.05) is 31.9 Å². The van der Waals surface area contributed by atoms with Gasteiger partial charge in [-0.3, -0.25) is 4.79 Å². The van der Waals surface area contributed by atoms with E-state index in [0.29, 0.717) is 62.2 Å². The Balaban J connectivity index is 0.00000196. The maximum absolute atomic E-state index is 15.1. The lowest BCUT2D eigenvalue weighted by Gasteiger charge is -2.35. The van der Waals surface area contributed by atoms with Crippen LogP contribution in [0.1, 0.15) is 74.1 Å². The summed E-state index contributed by atoms with van der Waals surface area (Å²) >= 11 is 0. The van der Waals surface area contributed by atoms with Crippen LogP contribution in [0.5, 0.6) is 0 Å². The molecule has 1 saturated heterocycles. The molecular weight excluding hydrogens is 620 g/mol. The predicted octanol–water partition coefficient (Wildman–Crippen LogP) is 6.76. The van der Waals surface area contributed by atoms with Gasteiger partial charge in [0.25, 0.3) is 0 Å². The van der Waals surface area contributed by atoms with E-state index in [1.165, 1.54) is 24.4 Å². The summed E-state index contributed by atoms with van der Waals surface area (Å²) in [6.45, 7) is 9.32. The van der Waals surface area contributed by atoms with Crippen molar-refractivity contribution in [1.29, 1.82) is 0 Å². The first-order valence-corrected chi connectivity index (χ1v) is 17.9. The molecule has 7 nitrogen and oxygen atoms in total. The van der Waals surface area contributed by atoms with Crippen molar-refractivity contribution in [3.05, 3.63) is 82.7 Å². The number of hydrogen-bond donors (Lipinski definition) is 3. The van der Waals surface area contributed by atoms with Crippen LogP contribution in [0.3, 0.4) is 0 Å². The van der Waals surface area contributed by atoms with Crippen LogP contribution in [0.2, 0.25) is 0 Å². The Labute approximate surface area is 273 Å². The normalized spacial score (nSPS) is 26.8. The van der Waals surface area contributed by atoms with E-state index in [0.717, 1.165) is 6.08 Å². The van der Waals surface area contributed by atoms with Crippen molar-refractivity contribution >= 4 is 15.9 Å². The van der Waals surface area contributed by atoms with Crippen LogP contribution in [-0.2, 0) is 14.8 Å². The molecule has 3 N–H and O–H groups in total. The summed E-state index contributed by atoms with van der Waals surface area (Å²) in [6, 6.07) is 5.44. The molecule has 1 amide bonds. The second kappa shape index (κ2) is 15.3. The van der Waals surface area contributed by atoms with E-state index >= 15 is 4.39 Å². The van der Waals surface area contributed by atoms with Crippen LogP contribution in [-0.4, -0.2) is 56.6 Å². The fourth-order valence-electron chi connectivity index (χ4n) is 7.21. The third-order valence-corrected chi connectivity index (χ3v) is 11.6. The molecule has 0 bridgehead atoms. The van der Waals surface area contributed by atoms with Gasteiger partial charge in [0, 0.05) is 64.4 Å².